The SMILES string of the molecule is CCCNC(CSc1ccccc1F)CC(C)CCC. The van der Waals surface area contributed by atoms with Gasteiger partial charge in [-0.1, -0.05) is 45.7 Å². The molecule has 0 saturated carbocycles. The van der Waals surface area contributed by atoms with Gasteiger partial charge in [0.15, 0.2) is 0 Å². The van der Waals surface area contributed by atoms with Gasteiger partial charge in [0.25, 0.3) is 0 Å². The molecule has 0 aliphatic heterocycles. The molecule has 1 aromatic rings. The highest BCUT2D eigenvalue weighted by Crippen LogP contribution is 2.24. The van der Waals surface area contributed by atoms with Crippen molar-refractivity contribution in [2.75, 3.05) is 12.3 Å². The maximum atomic E-state index is 13.6. The van der Waals surface area contributed by atoms with Crippen LogP contribution in [0.4, 0.5) is 4.39 Å². The van der Waals surface area contributed by atoms with Crippen LogP contribution in [0.2, 0.25) is 0 Å². The summed E-state index contributed by atoms with van der Waals surface area (Å²) < 4.78 is 13.6. The van der Waals surface area contributed by atoms with Crippen LogP contribution < -0.4 is 5.32 Å². The number of nitrogens with one attached hydrogen (secondary N) is 1. The first-order chi connectivity index (χ1) is 9.67. The van der Waals surface area contributed by atoms with Gasteiger partial charge in [0.05, 0.1) is 0 Å². The molecule has 20 heavy (non-hydrogen) atoms. The second kappa shape index (κ2) is 10.2. The number of benzene rings is 1. The van der Waals surface area contributed by atoms with Crippen molar-refractivity contribution in [3.05, 3.63) is 30.1 Å². The van der Waals surface area contributed by atoms with E-state index in [0.717, 1.165) is 29.5 Å². The summed E-state index contributed by atoms with van der Waals surface area (Å²) in [6.45, 7) is 7.78. The largest absolute Gasteiger partial charge is 0.313 e. The van der Waals surface area contributed by atoms with Crippen LogP contribution in [-0.4, -0.2) is 18.3 Å². The van der Waals surface area contributed by atoms with E-state index in [1.807, 2.05) is 12.1 Å². The summed E-state index contributed by atoms with van der Waals surface area (Å²) in [5.41, 5.74) is 0. The lowest BCUT2D eigenvalue weighted by atomic mass is 9.98. The normalized spacial score (nSPS) is 14.2. The van der Waals surface area contributed by atoms with Crippen molar-refractivity contribution in [3.8, 4) is 0 Å². The summed E-state index contributed by atoms with van der Waals surface area (Å²) in [5.74, 6) is 1.57. The lowest BCUT2D eigenvalue weighted by Gasteiger charge is -2.22. The van der Waals surface area contributed by atoms with Gasteiger partial charge >= 0.3 is 0 Å². The quantitative estimate of drug-likeness (QED) is 0.602. The molecule has 0 fully saturated rings. The van der Waals surface area contributed by atoms with Crippen LogP contribution in [-0.2, 0) is 0 Å². The first-order valence-corrected chi connectivity index (χ1v) is 8.76. The Hall–Kier alpha value is -0.540. The molecule has 1 nitrogen and oxygen atoms in total. The number of hydrogen-bond donors (Lipinski definition) is 1. The third-order valence-corrected chi connectivity index (χ3v) is 4.64. The fourth-order valence-electron chi connectivity index (χ4n) is 2.41. The lowest BCUT2D eigenvalue weighted by molar-refractivity contribution is 0.404. The molecule has 3 heteroatoms. The van der Waals surface area contributed by atoms with E-state index in [1.165, 1.54) is 25.3 Å². The number of thioether (sulfide) groups is 1. The second-order valence-electron chi connectivity index (χ2n) is 5.52. The van der Waals surface area contributed by atoms with E-state index in [0.29, 0.717) is 6.04 Å². The summed E-state index contributed by atoms with van der Waals surface area (Å²) in [6.07, 6.45) is 4.83. The molecule has 1 rings (SSSR count). The highest BCUT2D eigenvalue weighted by Gasteiger charge is 2.13. The third-order valence-electron chi connectivity index (χ3n) is 3.43. The average molecular weight is 297 g/mol. The molecule has 0 heterocycles. The Labute approximate surface area is 127 Å². The smallest absolute Gasteiger partial charge is 0.136 e. The third kappa shape index (κ3) is 6.76. The fraction of sp³-hybridized carbons (Fsp3) is 0.647. The van der Waals surface area contributed by atoms with Gasteiger partial charge in [0.2, 0.25) is 0 Å². The topological polar surface area (TPSA) is 12.0 Å². The molecule has 0 bridgehead atoms. The molecule has 0 aromatic heterocycles. The Kier molecular flexibility index (Phi) is 8.95. The minimum atomic E-state index is -0.103. The van der Waals surface area contributed by atoms with Crippen LogP contribution in [0.15, 0.2) is 29.2 Å². The molecule has 2 unspecified atom stereocenters. The molecule has 0 radical (unpaired) electrons. The molecular weight excluding hydrogens is 269 g/mol. The molecular formula is C17H28FNS. The lowest BCUT2D eigenvalue weighted by Crippen LogP contribution is -2.33. The Morgan fingerprint density at radius 2 is 1.95 bits per heavy atom. The summed E-state index contributed by atoms with van der Waals surface area (Å²) in [5, 5.41) is 3.61. The molecule has 0 spiro atoms. The molecule has 114 valence electrons. The number of hydrogen-bond acceptors (Lipinski definition) is 2. The standard InChI is InChI=1S/C17H28FNS/c1-4-8-14(3)12-15(19-11-5-2)13-20-17-10-7-6-9-16(17)18/h6-7,9-10,14-15,19H,4-5,8,11-13H2,1-3H3. The van der Waals surface area contributed by atoms with Crippen molar-refractivity contribution >= 4 is 11.8 Å². The Bertz CT molecular complexity index is 370. The first kappa shape index (κ1) is 17.5. The van der Waals surface area contributed by atoms with Crippen molar-refractivity contribution in [1.82, 2.24) is 5.32 Å². The molecule has 0 saturated heterocycles. The van der Waals surface area contributed by atoms with Gasteiger partial charge in [-0.3, -0.25) is 0 Å². The van der Waals surface area contributed by atoms with E-state index in [9.17, 15) is 4.39 Å². The summed E-state index contributed by atoms with van der Waals surface area (Å²) in [6, 6.07) is 7.53. The minimum Gasteiger partial charge on any atom is -0.313 e. The van der Waals surface area contributed by atoms with Crippen molar-refractivity contribution in [2.24, 2.45) is 5.92 Å². The molecule has 1 N–H and O–H groups in total. The summed E-state index contributed by atoms with van der Waals surface area (Å²) in [4.78, 5) is 0.763. The van der Waals surface area contributed by atoms with Gasteiger partial charge in [-0.25, -0.2) is 4.39 Å². The van der Waals surface area contributed by atoms with Gasteiger partial charge in [-0.05, 0) is 37.4 Å². The van der Waals surface area contributed by atoms with Crippen LogP contribution in [0.3, 0.4) is 0 Å². The van der Waals surface area contributed by atoms with Crippen molar-refractivity contribution < 1.29 is 4.39 Å². The fourth-order valence-corrected chi connectivity index (χ4v) is 3.42. The van der Waals surface area contributed by atoms with E-state index >= 15 is 0 Å². The van der Waals surface area contributed by atoms with Crippen molar-refractivity contribution in [2.45, 2.75) is 57.4 Å². The Morgan fingerprint density at radius 3 is 2.60 bits per heavy atom. The van der Waals surface area contributed by atoms with E-state index in [-0.39, 0.29) is 5.82 Å². The number of halogens is 1. The second-order valence-corrected chi connectivity index (χ2v) is 6.58. The van der Waals surface area contributed by atoms with Gasteiger partial charge in [-0.15, -0.1) is 11.8 Å². The highest BCUT2D eigenvalue weighted by atomic mass is 32.2. The van der Waals surface area contributed by atoms with Crippen LogP contribution in [0.25, 0.3) is 0 Å². The molecule has 0 amide bonds. The van der Waals surface area contributed by atoms with Crippen LogP contribution in [0.1, 0.15) is 46.5 Å². The summed E-state index contributed by atoms with van der Waals surface area (Å²) >= 11 is 1.63. The highest BCUT2D eigenvalue weighted by molar-refractivity contribution is 7.99. The van der Waals surface area contributed by atoms with Crippen LogP contribution in [0.5, 0.6) is 0 Å². The average Bonchev–Trinajstić information content (AvgIpc) is 2.43. The maximum absolute atomic E-state index is 13.6. The van der Waals surface area contributed by atoms with Gasteiger partial charge in [-0.2, -0.15) is 0 Å². The van der Waals surface area contributed by atoms with E-state index < -0.39 is 0 Å². The zero-order valence-electron chi connectivity index (χ0n) is 13.0. The van der Waals surface area contributed by atoms with Crippen LogP contribution >= 0.6 is 11.8 Å². The van der Waals surface area contributed by atoms with Crippen molar-refractivity contribution in [3.63, 3.8) is 0 Å². The van der Waals surface area contributed by atoms with E-state index in [2.05, 4.69) is 26.1 Å². The predicted octanol–water partition coefficient (Wildman–Crippen LogP) is 5.11. The van der Waals surface area contributed by atoms with Crippen LogP contribution in [0, 0.1) is 11.7 Å². The monoisotopic (exact) mass is 297 g/mol. The number of rotatable bonds is 10. The molecule has 1 aromatic carbocycles. The van der Waals surface area contributed by atoms with Gasteiger partial charge in [0, 0.05) is 16.7 Å². The summed E-state index contributed by atoms with van der Waals surface area (Å²) in [7, 11) is 0. The molecule has 2 atom stereocenters. The molecule has 0 aliphatic rings. The maximum Gasteiger partial charge on any atom is 0.136 e. The van der Waals surface area contributed by atoms with E-state index in [1.54, 1.807) is 17.8 Å². The first-order valence-electron chi connectivity index (χ1n) is 7.78. The van der Waals surface area contributed by atoms with Gasteiger partial charge in [0.1, 0.15) is 5.82 Å². The zero-order valence-corrected chi connectivity index (χ0v) is 13.8. The van der Waals surface area contributed by atoms with Gasteiger partial charge < -0.3 is 5.32 Å². The predicted molar refractivity (Wildman–Crippen MR) is 87.9 cm³/mol. The zero-order chi connectivity index (χ0) is 14.8. The Balaban J connectivity index is 2.49. The van der Waals surface area contributed by atoms with Crippen molar-refractivity contribution in [1.29, 1.82) is 0 Å². The minimum absolute atomic E-state index is 0.103. The van der Waals surface area contributed by atoms with E-state index in [4.69, 9.17) is 0 Å². The Morgan fingerprint density at radius 1 is 1.20 bits per heavy atom. The molecule has 0 aliphatic carbocycles.